The molecule has 1 fully saturated rings. The summed E-state index contributed by atoms with van der Waals surface area (Å²) in [5.74, 6) is -0.175. The average molecular weight is 467 g/mol. The van der Waals surface area contributed by atoms with Crippen molar-refractivity contribution in [3.63, 3.8) is 0 Å². The van der Waals surface area contributed by atoms with Crippen molar-refractivity contribution in [2.24, 2.45) is 0 Å². The molecule has 25 heavy (non-hydrogen) atoms. The molecule has 8 heteroatoms. The molecular formula is C17H14IN3O3S. The van der Waals surface area contributed by atoms with Crippen LogP contribution in [-0.2, 0) is 10.0 Å². The van der Waals surface area contributed by atoms with Crippen LogP contribution in [0.1, 0.15) is 23.2 Å². The van der Waals surface area contributed by atoms with Crippen molar-refractivity contribution in [3.05, 3.63) is 57.9 Å². The molecule has 0 bridgehead atoms. The second-order valence-electron chi connectivity index (χ2n) is 5.93. The van der Waals surface area contributed by atoms with Crippen molar-refractivity contribution in [2.75, 3.05) is 0 Å². The van der Waals surface area contributed by atoms with Gasteiger partial charge < -0.3 is 5.32 Å². The van der Waals surface area contributed by atoms with E-state index in [9.17, 15) is 13.2 Å². The van der Waals surface area contributed by atoms with E-state index >= 15 is 0 Å². The summed E-state index contributed by atoms with van der Waals surface area (Å²) in [7, 11) is -3.74. The van der Waals surface area contributed by atoms with E-state index in [1.54, 1.807) is 36.4 Å². The van der Waals surface area contributed by atoms with Crippen LogP contribution in [0.5, 0.6) is 0 Å². The third-order valence-corrected chi connectivity index (χ3v) is 6.56. The maximum Gasteiger partial charge on any atom is 0.269 e. The Hall–Kier alpha value is -1.94. The number of nitrogens with zero attached hydrogens (tertiary/aromatic N) is 2. The first-order valence-electron chi connectivity index (χ1n) is 7.75. The van der Waals surface area contributed by atoms with Crippen molar-refractivity contribution < 1.29 is 13.2 Å². The Morgan fingerprint density at radius 1 is 1.24 bits per heavy atom. The number of hydrogen-bond donors (Lipinski definition) is 1. The summed E-state index contributed by atoms with van der Waals surface area (Å²) in [6.07, 6.45) is 4.96. The van der Waals surface area contributed by atoms with E-state index < -0.39 is 10.0 Å². The topological polar surface area (TPSA) is 81.1 Å². The zero-order chi connectivity index (χ0) is 17.6. The smallest absolute Gasteiger partial charge is 0.269 e. The van der Waals surface area contributed by atoms with E-state index in [1.807, 2.05) is 0 Å². The Bertz CT molecular complexity index is 1070. The van der Waals surface area contributed by atoms with Crippen molar-refractivity contribution >= 4 is 49.6 Å². The van der Waals surface area contributed by atoms with Gasteiger partial charge >= 0.3 is 0 Å². The van der Waals surface area contributed by atoms with Gasteiger partial charge in [0.2, 0.25) is 0 Å². The van der Waals surface area contributed by atoms with Gasteiger partial charge in [-0.1, -0.05) is 18.2 Å². The van der Waals surface area contributed by atoms with Gasteiger partial charge in [0.05, 0.1) is 10.5 Å². The maximum absolute atomic E-state index is 12.9. The number of fused-ring (bicyclic) bond motifs is 1. The normalized spacial score (nSPS) is 14.6. The molecular weight excluding hydrogens is 453 g/mol. The van der Waals surface area contributed by atoms with Crippen molar-refractivity contribution in [1.82, 2.24) is 14.3 Å². The van der Waals surface area contributed by atoms with Crippen LogP contribution in [0.4, 0.5) is 0 Å². The number of hydrogen-bond acceptors (Lipinski definition) is 4. The summed E-state index contributed by atoms with van der Waals surface area (Å²) >= 11 is 2.06. The first-order valence-corrected chi connectivity index (χ1v) is 10.3. The molecule has 128 valence electrons. The van der Waals surface area contributed by atoms with Crippen LogP contribution in [0, 0.1) is 3.57 Å². The number of rotatable bonds is 4. The lowest BCUT2D eigenvalue weighted by atomic mass is 10.2. The van der Waals surface area contributed by atoms with Crippen LogP contribution in [0.25, 0.3) is 11.0 Å². The van der Waals surface area contributed by atoms with Crippen molar-refractivity contribution in [3.8, 4) is 0 Å². The lowest BCUT2D eigenvalue weighted by molar-refractivity contribution is 0.0951. The second kappa shape index (κ2) is 6.10. The zero-order valence-corrected chi connectivity index (χ0v) is 16.0. The molecule has 0 radical (unpaired) electrons. The predicted molar refractivity (Wildman–Crippen MR) is 102 cm³/mol. The third kappa shape index (κ3) is 3.04. The lowest BCUT2D eigenvalue weighted by Gasteiger charge is -2.07. The molecule has 6 nitrogen and oxygen atoms in total. The maximum atomic E-state index is 12.9. The minimum Gasteiger partial charge on any atom is -0.349 e. The summed E-state index contributed by atoms with van der Waals surface area (Å²) in [6.45, 7) is 0. The van der Waals surface area contributed by atoms with E-state index in [-0.39, 0.29) is 16.8 Å². The van der Waals surface area contributed by atoms with Gasteiger partial charge in [-0.3, -0.25) is 4.79 Å². The molecule has 0 atom stereocenters. The van der Waals surface area contributed by atoms with Gasteiger partial charge in [-0.25, -0.2) is 17.4 Å². The van der Waals surface area contributed by atoms with Crippen LogP contribution in [0.3, 0.4) is 0 Å². The van der Waals surface area contributed by atoms with E-state index in [4.69, 9.17) is 0 Å². The van der Waals surface area contributed by atoms with Gasteiger partial charge in [0.1, 0.15) is 0 Å². The molecule has 4 rings (SSSR count). The molecule has 0 saturated heterocycles. The number of amides is 1. The fraction of sp³-hybridized carbons (Fsp3) is 0.176. The highest BCUT2D eigenvalue weighted by Gasteiger charge is 2.25. The number of aromatic nitrogens is 2. The van der Waals surface area contributed by atoms with E-state index in [0.717, 1.165) is 16.4 Å². The number of pyridine rings is 1. The van der Waals surface area contributed by atoms with Gasteiger partial charge in [0.15, 0.2) is 5.65 Å². The van der Waals surface area contributed by atoms with Gasteiger partial charge in [0.25, 0.3) is 15.9 Å². The van der Waals surface area contributed by atoms with Crippen LogP contribution in [0.15, 0.2) is 53.7 Å². The van der Waals surface area contributed by atoms with Gasteiger partial charge in [-0.2, -0.15) is 0 Å². The van der Waals surface area contributed by atoms with E-state index in [0.29, 0.717) is 16.6 Å². The quantitative estimate of drug-likeness (QED) is 0.599. The standard InChI is InChI=1S/C17H14IN3O3S/c18-15-10-21(25(23,24)13-4-2-1-3-5-13)16-14(15)8-11(9-19-16)17(22)20-12-6-7-12/h1-5,8-10,12H,6-7H2,(H,20,22). The van der Waals surface area contributed by atoms with Crippen molar-refractivity contribution in [1.29, 1.82) is 0 Å². The van der Waals surface area contributed by atoms with Crippen LogP contribution < -0.4 is 5.32 Å². The Labute approximate surface area is 158 Å². The van der Waals surface area contributed by atoms with Crippen LogP contribution in [-0.4, -0.2) is 29.3 Å². The largest absolute Gasteiger partial charge is 0.349 e. The van der Waals surface area contributed by atoms with E-state index in [1.165, 1.54) is 16.4 Å². The van der Waals surface area contributed by atoms with Crippen LogP contribution in [0.2, 0.25) is 0 Å². The third-order valence-electron chi connectivity index (χ3n) is 4.04. The molecule has 3 aromatic rings. The van der Waals surface area contributed by atoms with Gasteiger partial charge in [0, 0.05) is 27.4 Å². The molecule has 1 aliphatic carbocycles. The van der Waals surface area contributed by atoms with Gasteiger partial charge in [-0.05, 0) is 53.6 Å². The molecule has 1 aliphatic rings. The number of halogens is 1. The number of carbonyl (C=O) groups is 1. The summed E-state index contributed by atoms with van der Waals surface area (Å²) in [5.41, 5.74) is 0.753. The minimum absolute atomic E-state index is 0.175. The molecule has 0 unspecified atom stereocenters. The summed E-state index contributed by atoms with van der Waals surface area (Å²) in [5, 5.41) is 3.55. The molecule has 0 spiro atoms. The summed E-state index contributed by atoms with van der Waals surface area (Å²) in [6, 6.07) is 10.2. The highest BCUT2D eigenvalue weighted by molar-refractivity contribution is 14.1. The molecule has 1 saturated carbocycles. The zero-order valence-electron chi connectivity index (χ0n) is 13.0. The highest BCUT2D eigenvalue weighted by atomic mass is 127. The van der Waals surface area contributed by atoms with E-state index in [2.05, 4.69) is 32.9 Å². The average Bonchev–Trinajstić information content (AvgIpc) is 3.37. The summed E-state index contributed by atoms with van der Waals surface area (Å²) in [4.78, 5) is 16.7. The Morgan fingerprint density at radius 3 is 2.64 bits per heavy atom. The lowest BCUT2D eigenvalue weighted by Crippen LogP contribution is -2.25. The predicted octanol–water partition coefficient (Wildman–Crippen LogP) is 2.77. The molecule has 2 aromatic heterocycles. The van der Waals surface area contributed by atoms with Gasteiger partial charge in [-0.15, -0.1) is 0 Å². The first-order chi connectivity index (χ1) is 12.0. The first kappa shape index (κ1) is 16.5. The number of carbonyl (C=O) groups excluding carboxylic acids is 1. The SMILES string of the molecule is O=C(NC1CC1)c1cnc2c(c1)c(I)cn2S(=O)(=O)c1ccccc1. The van der Waals surface area contributed by atoms with Crippen molar-refractivity contribution in [2.45, 2.75) is 23.8 Å². The molecule has 2 heterocycles. The molecule has 1 amide bonds. The highest BCUT2D eigenvalue weighted by Crippen LogP contribution is 2.27. The monoisotopic (exact) mass is 467 g/mol. The second-order valence-corrected chi connectivity index (χ2v) is 8.91. The minimum atomic E-state index is -3.74. The fourth-order valence-corrected chi connectivity index (χ4v) is 4.76. The molecule has 1 N–H and O–H groups in total. The molecule has 0 aliphatic heterocycles. The fourth-order valence-electron chi connectivity index (χ4n) is 2.55. The Balaban J connectivity index is 1.80. The Kier molecular flexibility index (Phi) is 4.03. The Morgan fingerprint density at radius 2 is 1.96 bits per heavy atom. The molecule has 1 aromatic carbocycles. The summed E-state index contributed by atoms with van der Waals surface area (Å²) < 4.78 is 27.6. The number of nitrogens with one attached hydrogen (secondary N) is 1. The number of benzene rings is 1. The van der Waals surface area contributed by atoms with Crippen LogP contribution >= 0.6 is 22.6 Å².